The van der Waals surface area contributed by atoms with Gasteiger partial charge in [0.05, 0.1) is 12.6 Å². The molecule has 0 radical (unpaired) electrons. The molecule has 0 amide bonds. The van der Waals surface area contributed by atoms with E-state index in [1.165, 1.54) is 0 Å². The van der Waals surface area contributed by atoms with Crippen LogP contribution >= 0.6 is 11.6 Å². The number of aliphatic hydroxyl groups is 1. The van der Waals surface area contributed by atoms with Gasteiger partial charge in [-0.25, -0.2) is 0 Å². The summed E-state index contributed by atoms with van der Waals surface area (Å²) in [5.41, 5.74) is 0.967. The molecule has 0 bridgehead atoms. The maximum atomic E-state index is 9.72. The number of hydrogen-bond acceptors (Lipinski definition) is 2. The van der Waals surface area contributed by atoms with Crippen molar-refractivity contribution < 1.29 is 5.11 Å². The van der Waals surface area contributed by atoms with Crippen LogP contribution in [0.25, 0.3) is 0 Å². The lowest BCUT2D eigenvalue weighted by Gasteiger charge is -2.27. The highest BCUT2D eigenvalue weighted by atomic mass is 35.5. The van der Waals surface area contributed by atoms with Crippen LogP contribution in [0.4, 0.5) is 0 Å². The minimum absolute atomic E-state index is 0.142. The topological polar surface area (TPSA) is 47.9 Å². The fourth-order valence-corrected chi connectivity index (χ4v) is 3.12. The molecule has 1 fully saturated rings. The van der Waals surface area contributed by atoms with Gasteiger partial charge < -0.3 is 15.3 Å². The number of benzene rings is 1. The average Bonchev–Trinajstić information content (AvgIpc) is 2.90. The third-order valence-electron chi connectivity index (χ3n) is 4.02. The van der Waals surface area contributed by atoms with E-state index in [4.69, 9.17) is 16.6 Å². The van der Waals surface area contributed by atoms with Crippen molar-refractivity contribution in [2.45, 2.75) is 38.7 Å². The van der Waals surface area contributed by atoms with Gasteiger partial charge in [-0.3, -0.25) is 4.99 Å². The number of guanidine groups is 1. The van der Waals surface area contributed by atoms with Crippen LogP contribution in [0.1, 0.15) is 32.8 Å². The van der Waals surface area contributed by atoms with E-state index >= 15 is 0 Å². The zero-order valence-electron chi connectivity index (χ0n) is 13.6. The maximum absolute atomic E-state index is 9.72. The summed E-state index contributed by atoms with van der Waals surface area (Å²) in [5, 5.41) is 13.8. The number of aliphatic imine (C=N–C) groups is 1. The van der Waals surface area contributed by atoms with Crippen LogP contribution in [0.15, 0.2) is 29.3 Å². The van der Waals surface area contributed by atoms with Crippen molar-refractivity contribution in [1.29, 1.82) is 0 Å². The van der Waals surface area contributed by atoms with Crippen LogP contribution in [0.5, 0.6) is 0 Å². The first kappa shape index (κ1) is 17.1. The van der Waals surface area contributed by atoms with Crippen LogP contribution in [0, 0.1) is 0 Å². The normalized spacial score (nSPS) is 19.6. The highest BCUT2D eigenvalue weighted by molar-refractivity contribution is 6.31. The molecule has 1 aromatic carbocycles. The van der Waals surface area contributed by atoms with Crippen LogP contribution in [0.3, 0.4) is 0 Å². The number of rotatable bonds is 4. The molecule has 2 N–H and O–H groups in total. The zero-order chi connectivity index (χ0) is 16.2. The monoisotopic (exact) mass is 323 g/mol. The largest absolute Gasteiger partial charge is 0.391 e. The smallest absolute Gasteiger partial charge is 0.194 e. The first-order chi connectivity index (χ1) is 10.4. The molecule has 5 heteroatoms. The molecule has 0 spiro atoms. The zero-order valence-corrected chi connectivity index (χ0v) is 14.4. The fourth-order valence-electron chi connectivity index (χ4n) is 2.73. The van der Waals surface area contributed by atoms with Gasteiger partial charge in [-0.15, -0.1) is 0 Å². The Morgan fingerprint density at radius 1 is 1.45 bits per heavy atom. The van der Waals surface area contributed by atoms with Gasteiger partial charge in [-0.1, -0.05) is 43.6 Å². The molecule has 0 aromatic heterocycles. The summed E-state index contributed by atoms with van der Waals surface area (Å²) < 4.78 is 0. The quantitative estimate of drug-likeness (QED) is 0.661. The molecule has 1 heterocycles. The molecule has 1 saturated heterocycles. The summed E-state index contributed by atoms with van der Waals surface area (Å²) >= 11 is 6.32. The van der Waals surface area contributed by atoms with Crippen molar-refractivity contribution in [2.24, 2.45) is 4.99 Å². The highest BCUT2D eigenvalue weighted by Gasteiger charge is 2.26. The molecule has 2 rings (SSSR count). The first-order valence-corrected chi connectivity index (χ1v) is 8.28. The van der Waals surface area contributed by atoms with Gasteiger partial charge in [-0.2, -0.15) is 0 Å². The van der Waals surface area contributed by atoms with Crippen molar-refractivity contribution in [3.05, 3.63) is 34.9 Å². The van der Waals surface area contributed by atoms with E-state index in [0.29, 0.717) is 13.1 Å². The average molecular weight is 324 g/mol. The van der Waals surface area contributed by atoms with E-state index < -0.39 is 0 Å². The van der Waals surface area contributed by atoms with Gasteiger partial charge in [-0.05, 0) is 25.0 Å². The summed E-state index contributed by atoms with van der Waals surface area (Å²) in [4.78, 5) is 6.90. The van der Waals surface area contributed by atoms with Crippen molar-refractivity contribution in [2.75, 3.05) is 26.2 Å². The van der Waals surface area contributed by atoms with Crippen molar-refractivity contribution in [3.63, 3.8) is 0 Å². The predicted octanol–water partition coefficient (Wildman–Crippen LogP) is 2.65. The molecule has 1 atom stereocenters. The van der Waals surface area contributed by atoms with Crippen LogP contribution in [0.2, 0.25) is 5.02 Å². The Labute approximate surface area is 138 Å². The Balaban J connectivity index is 2.14. The van der Waals surface area contributed by atoms with E-state index in [2.05, 4.69) is 37.1 Å². The first-order valence-electron chi connectivity index (χ1n) is 7.90. The Morgan fingerprint density at radius 2 is 2.18 bits per heavy atom. The number of hydrogen-bond donors (Lipinski definition) is 2. The second-order valence-electron chi connectivity index (χ2n) is 6.42. The van der Waals surface area contributed by atoms with E-state index in [-0.39, 0.29) is 11.5 Å². The van der Waals surface area contributed by atoms with Gasteiger partial charge >= 0.3 is 0 Å². The molecule has 122 valence electrons. The third-order valence-corrected chi connectivity index (χ3v) is 4.35. The minimum Gasteiger partial charge on any atom is -0.391 e. The number of halogens is 1. The number of β-amino-alcohol motifs (C(OH)–C–C–N with tert-alkyl or cyclic N) is 1. The Bertz CT molecular complexity index is 530. The third kappa shape index (κ3) is 4.14. The molecule has 1 aliphatic rings. The van der Waals surface area contributed by atoms with Crippen molar-refractivity contribution in [1.82, 2.24) is 10.2 Å². The SMILES string of the molecule is CCNC(=NCC(C)(C)c1ccccc1Cl)N1CC[C@@H](O)C1. The van der Waals surface area contributed by atoms with E-state index in [0.717, 1.165) is 36.1 Å². The minimum atomic E-state index is -0.250. The van der Waals surface area contributed by atoms with E-state index in [1.54, 1.807) is 0 Å². The molecule has 1 aliphatic heterocycles. The Hall–Kier alpha value is -1.26. The lowest BCUT2D eigenvalue weighted by atomic mass is 9.85. The van der Waals surface area contributed by atoms with Crippen molar-refractivity contribution >= 4 is 17.6 Å². The molecule has 22 heavy (non-hydrogen) atoms. The number of likely N-dealkylation sites (tertiary alicyclic amines) is 1. The lowest BCUT2D eigenvalue weighted by Crippen LogP contribution is -2.41. The van der Waals surface area contributed by atoms with Gasteiger partial charge in [0, 0.05) is 30.1 Å². The van der Waals surface area contributed by atoms with Crippen LogP contribution in [-0.2, 0) is 5.41 Å². The van der Waals surface area contributed by atoms with Crippen LogP contribution in [-0.4, -0.2) is 48.2 Å². The number of aliphatic hydroxyl groups excluding tert-OH is 1. The standard InChI is InChI=1S/C17H26ClN3O/c1-4-19-16(21-10-9-13(22)11-21)20-12-17(2,3)14-7-5-6-8-15(14)18/h5-8,13,22H,4,9-12H2,1-3H3,(H,19,20)/t13-/m1/s1. The van der Waals surface area contributed by atoms with Gasteiger partial charge in [0.1, 0.15) is 0 Å². The molecular formula is C17H26ClN3O. The van der Waals surface area contributed by atoms with Gasteiger partial charge in [0.25, 0.3) is 0 Å². The second-order valence-corrected chi connectivity index (χ2v) is 6.83. The van der Waals surface area contributed by atoms with Crippen LogP contribution < -0.4 is 5.32 Å². The van der Waals surface area contributed by atoms with E-state index in [1.807, 2.05) is 18.2 Å². The summed E-state index contributed by atoms with van der Waals surface area (Å²) in [7, 11) is 0. The Morgan fingerprint density at radius 3 is 2.77 bits per heavy atom. The molecule has 0 aliphatic carbocycles. The maximum Gasteiger partial charge on any atom is 0.194 e. The summed E-state index contributed by atoms with van der Waals surface area (Å²) in [5.74, 6) is 0.874. The second kappa shape index (κ2) is 7.34. The molecule has 0 unspecified atom stereocenters. The fraction of sp³-hybridized carbons (Fsp3) is 0.588. The molecule has 1 aromatic rings. The predicted molar refractivity (Wildman–Crippen MR) is 92.7 cm³/mol. The Kier molecular flexibility index (Phi) is 5.70. The summed E-state index contributed by atoms with van der Waals surface area (Å²) in [6, 6.07) is 7.93. The number of nitrogens with one attached hydrogen (secondary N) is 1. The lowest BCUT2D eigenvalue weighted by molar-refractivity contribution is 0.187. The molecule has 4 nitrogen and oxygen atoms in total. The van der Waals surface area contributed by atoms with Crippen molar-refractivity contribution in [3.8, 4) is 0 Å². The summed E-state index contributed by atoms with van der Waals surface area (Å²) in [6.45, 7) is 9.32. The molecular weight excluding hydrogens is 298 g/mol. The van der Waals surface area contributed by atoms with E-state index in [9.17, 15) is 5.11 Å². The van der Waals surface area contributed by atoms with Gasteiger partial charge in [0.15, 0.2) is 5.96 Å². The molecule has 0 saturated carbocycles. The summed E-state index contributed by atoms with van der Waals surface area (Å²) in [6.07, 6.45) is 0.554. The van der Waals surface area contributed by atoms with Gasteiger partial charge in [0.2, 0.25) is 0 Å². The highest BCUT2D eigenvalue weighted by Crippen LogP contribution is 2.30. The number of nitrogens with zero attached hydrogens (tertiary/aromatic N) is 2.